The first-order chi connectivity index (χ1) is 6.83. The van der Waals surface area contributed by atoms with Crippen LogP contribution in [0.4, 0.5) is 0 Å². The summed E-state index contributed by atoms with van der Waals surface area (Å²) in [7, 11) is -0.696. The first-order valence-corrected chi connectivity index (χ1v) is 5.79. The van der Waals surface area contributed by atoms with E-state index in [1.807, 2.05) is 0 Å². The highest BCUT2D eigenvalue weighted by Crippen LogP contribution is 2.10. The number of carbonyl (C=O) groups is 1. The lowest BCUT2D eigenvalue weighted by molar-refractivity contribution is 0.0590. The van der Waals surface area contributed by atoms with Gasteiger partial charge in [-0.15, -0.1) is 0 Å². The van der Waals surface area contributed by atoms with Crippen LogP contribution in [0, 0.1) is 0 Å². The Balaban J connectivity index is 3.01. The Kier molecular flexibility index (Phi) is 3.15. The van der Waals surface area contributed by atoms with Crippen LogP contribution in [0.3, 0.4) is 0 Å². The highest BCUT2D eigenvalue weighted by Gasteiger charge is 2.14. The van der Waals surface area contributed by atoms with Crippen LogP contribution in [-0.2, 0) is 27.6 Å². The van der Waals surface area contributed by atoms with Gasteiger partial charge in [-0.25, -0.2) is 18.4 Å². The van der Waals surface area contributed by atoms with Crippen molar-refractivity contribution in [3.05, 3.63) is 23.5 Å². The van der Waals surface area contributed by atoms with E-state index in [4.69, 9.17) is 5.14 Å². The van der Waals surface area contributed by atoms with Crippen molar-refractivity contribution in [2.24, 2.45) is 12.2 Å². The maximum Gasteiger partial charge on any atom is 0.354 e. The summed E-state index contributed by atoms with van der Waals surface area (Å²) in [6.45, 7) is 0. The molecule has 84 valence electrons. The Morgan fingerprint density at radius 3 is 2.67 bits per heavy atom. The Labute approximate surface area is 87.7 Å². The van der Waals surface area contributed by atoms with Crippen molar-refractivity contribution >= 4 is 16.0 Å². The molecule has 1 aromatic heterocycles. The molecule has 1 aromatic rings. The molecule has 0 spiro atoms. The van der Waals surface area contributed by atoms with Crippen molar-refractivity contribution in [2.75, 3.05) is 7.11 Å². The second kappa shape index (κ2) is 4.03. The Morgan fingerprint density at radius 1 is 1.60 bits per heavy atom. The third kappa shape index (κ3) is 3.07. The minimum Gasteiger partial charge on any atom is -0.464 e. The summed E-state index contributed by atoms with van der Waals surface area (Å²) in [5.41, 5.74) is 0.747. The van der Waals surface area contributed by atoms with Crippen molar-refractivity contribution in [1.82, 2.24) is 4.57 Å². The number of methoxy groups -OCH3 is 1. The van der Waals surface area contributed by atoms with Gasteiger partial charge in [0.1, 0.15) is 5.69 Å². The number of esters is 1. The van der Waals surface area contributed by atoms with Gasteiger partial charge in [0.15, 0.2) is 0 Å². The van der Waals surface area contributed by atoms with Gasteiger partial charge in [0.25, 0.3) is 0 Å². The zero-order chi connectivity index (χ0) is 11.6. The minimum atomic E-state index is -3.58. The summed E-state index contributed by atoms with van der Waals surface area (Å²) in [5.74, 6) is -0.809. The van der Waals surface area contributed by atoms with Gasteiger partial charge < -0.3 is 9.30 Å². The normalized spacial score (nSPS) is 11.4. The molecule has 0 aliphatic rings. The summed E-state index contributed by atoms with van der Waals surface area (Å²) in [6, 6.07) is 1.44. The molecule has 1 rings (SSSR count). The van der Waals surface area contributed by atoms with Gasteiger partial charge in [-0.1, -0.05) is 0 Å². The Bertz CT molecular complexity index is 475. The smallest absolute Gasteiger partial charge is 0.354 e. The SMILES string of the molecule is COC(=O)c1cc(CS(N)(=O)=O)cn1C. The molecule has 0 unspecified atom stereocenters. The minimum absolute atomic E-state index is 0.288. The molecule has 1 heterocycles. The lowest BCUT2D eigenvalue weighted by Crippen LogP contribution is -2.14. The number of sulfonamides is 1. The summed E-state index contributed by atoms with van der Waals surface area (Å²) in [4.78, 5) is 11.2. The largest absolute Gasteiger partial charge is 0.464 e. The predicted molar refractivity (Wildman–Crippen MR) is 53.6 cm³/mol. The van der Waals surface area contributed by atoms with E-state index in [0.29, 0.717) is 5.56 Å². The summed E-state index contributed by atoms with van der Waals surface area (Å²) in [5, 5.41) is 4.88. The molecule has 0 saturated heterocycles. The average molecular weight is 232 g/mol. The quantitative estimate of drug-likeness (QED) is 0.718. The molecule has 0 saturated carbocycles. The predicted octanol–water partition coefficient (Wildman–Crippen LogP) is -0.400. The molecule has 0 fully saturated rings. The van der Waals surface area contributed by atoms with Crippen LogP contribution >= 0.6 is 0 Å². The third-order valence-electron chi connectivity index (χ3n) is 1.82. The number of rotatable bonds is 3. The lowest BCUT2D eigenvalue weighted by Gasteiger charge is -1.98. The number of hydrogen-bond acceptors (Lipinski definition) is 4. The molecular weight excluding hydrogens is 220 g/mol. The van der Waals surface area contributed by atoms with Gasteiger partial charge in [-0.05, 0) is 11.6 Å². The summed E-state index contributed by atoms with van der Waals surface area (Å²) in [6.07, 6.45) is 1.52. The van der Waals surface area contributed by atoms with E-state index in [2.05, 4.69) is 4.74 Å². The molecule has 0 atom stereocenters. The molecule has 7 heteroatoms. The second-order valence-electron chi connectivity index (χ2n) is 3.14. The van der Waals surface area contributed by atoms with Gasteiger partial charge in [-0.3, -0.25) is 0 Å². The van der Waals surface area contributed by atoms with Crippen LogP contribution in [0.15, 0.2) is 12.3 Å². The fourth-order valence-electron chi connectivity index (χ4n) is 1.25. The van der Waals surface area contributed by atoms with E-state index < -0.39 is 16.0 Å². The number of aromatic nitrogens is 1. The van der Waals surface area contributed by atoms with Crippen LogP contribution in [0.2, 0.25) is 0 Å². The molecule has 0 bridgehead atoms. The molecule has 0 radical (unpaired) electrons. The van der Waals surface area contributed by atoms with Gasteiger partial charge in [-0.2, -0.15) is 0 Å². The van der Waals surface area contributed by atoms with Crippen LogP contribution in [0.1, 0.15) is 16.1 Å². The van der Waals surface area contributed by atoms with Crippen molar-refractivity contribution in [1.29, 1.82) is 0 Å². The Hall–Kier alpha value is -1.34. The number of ether oxygens (including phenoxy) is 1. The standard InChI is InChI=1S/C8H12N2O4S/c1-10-4-6(5-15(9,12)13)3-7(10)8(11)14-2/h3-4H,5H2,1-2H3,(H2,9,12,13). The second-order valence-corrected chi connectivity index (χ2v) is 4.76. The molecule has 15 heavy (non-hydrogen) atoms. The molecular formula is C8H12N2O4S. The molecule has 0 aromatic carbocycles. The van der Waals surface area contributed by atoms with E-state index in [1.165, 1.54) is 23.9 Å². The topological polar surface area (TPSA) is 91.4 Å². The van der Waals surface area contributed by atoms with Crippen LogP contribution in [0.5, 0.6) is 0 Å². The maximum absolute atomic E-state index is 11.2. The van der Waals surface area contributed by atoms with Crippen LogP contribution < -0.4 is 5.14 Å². The van der Waals surface area contributed by atoms with Crippen molar-refractivity contribution in [2.45, 2.75) is 5.75 Å². The molecule has 2 N–H and O–H groups in total. The zero-order valence-electron chi connectivity index (χ0n) is 8.43. The van der Waals surface area contributed by atoms with E-state index in [9.17, 15) is 13.2 Å². The van der Waals surface area contributed by atoms with E-state index >= 15 is 0 Å². The molecule has 0 aliphatic heterocycles. The van der Waals surface area contributed by atoms with E-state index in [-0.39, 0.29) is 11.4 Å². The molecule has 0 amide bonds. The average Bonchev–Trinajstić information content (AvgIpc) is 2.42. The van der Waals surface area contributed by atoms with Crippen molar-refractivity contribution in [3.63, 3.8) is 0 Å². The van der Waals surface area contributed by atoms with Gasteiger partial charge in [0, 0.05) is 13.2 Å². The fourth-order valence-corrected chi connectivity index (χ4v) is 1.87. The lowest BCUT2D eigenvalue weighted by atomic mass is 10.3. The van der Waals surface area contributed by atoms with E-state index in [1.54, 1.807) is 7.05 Å². The monoisotopic (exact) mass is 232 g/mol. The number of hydrogen-bond donors (Lipinski definition) is 1. The Morgan fingerprint density at radius 2 is 2.20 bits per heavy atom. The van der Waals surface area contributed by atoms with Crippen LogP contribution in [-0.4, -0.2) is 26.1 Å². The van der Waals surface area contributed by atoms with E-state index in [0.717, 1.165) is 0 Å². The van der Waals surface area contributed by atoms with Gasteiger partial charge in [0.2, 0.25) is 10.0 Å². The fraction of sp³-hybridized carbons (Fsp3) is 0.375. The van der Waals surface area contributed by atoms with Crippen LogP contribution in [0.25, 0.3) is 0 Å². The number of carbonyl (C=O) groups excluding carboxylic acids is 1. The van der Waals surface area contributed by atoms with Gasteiger partial charge in [0.05, 0.1) is 12.9 Å². The van der Waals surface area contributed by atoms with Gasteiger partial charge >= 0.3 is 5.97 Å². The summed E-state index contributed by atoms with van der Waals surface area (Å²) >= 11 is 0. The highest BCUT2D eigenvalue weighted by molar-refractivity contribution is 7.88. The highest BCUT2D eigenvalue weighted by atomic mass is 32.2. The number of nitrogens with zero attached hydrogens (tertiary/aromatic N) is 1. The first kappa shape index (κ1) is 11.7. The zero-order valence-corrected chi connectivity index (χ0v) is 9.24. The number of nitrogens with two attached hydrogens (primary N) is 1. The number of aryl methyl sites for hydroxylation is 1. The molecule has 6 nitrogen and oxygen atoms in total. The third-order valence-corrected chi connectivity index (χ3v) is 2.56. The van der Waals surface area contributed by atoms with Crippen molar-refractivity contribution < 1.29 is 17.9 Å². The summed E-state index contributed by atoms with van der Waals surface area (Å²) < 4.78 is 27.6. The maximum atomic E-state index is 11.2. The number of primary sulfonamides is 1. The van der Waals surface area contributed by atoms with Crippen molar-refractivity contribution in [3.8, 4) is 0 Å². The molecule has 0 aliphatic carbocycles. The first-order valence-electron chi connectivity index (χ1n) is 4.07.